The summed E-state index contributed by atoms with van der Waals surface area (Å²) in [4.78, 5) is 19.6. The van der Waals surface area contributed by atoms with Crippen molar-refractivity contribution in [1.82, 2.24) is 14.7 Å². The summed E-state index contributed by atoms with van der Waals surface area (Å²) in [6, 6.07) is 1.22. The van der Waals surface area contributed by atoms with Crippen LogP contribution in [-0.2, 0) is 4.79 Å². The Morgan fingerprint density at radius 2 is 1.65 bits per heavy atom. The van der Waals surface area contributed by atoms with Crippen LogP contribution in [0.4, 0.5) is 0 Å². The molecule has 0 aromatic carbocycles. The molecule has 3 aliphatic rings. The Kier molecular flexibility index (Phi) is 4.61. The maximum absolute atomic E-state index is 12.5. The van der Waals surface area contributed by atoms with Gasteiger partial charge in [0.25, 0.3) is 0 Å². The number of piperazine rings is 1. The minimum Gasteiger partial charge on any atom is -0.340 e. The largest absolute Gasteiger partial charge is 0.340 e. The third-order valence-electron chi connectivity index (χ3n) is 5.53. The molecule has 4 nitrogen and oxygen atoms in total. The van der Waals surface area contributed by atoms with Crippen molar-refractivity contribution in [2.45, 2.75) is 57.0 Å². The molecule has 2 atom stereocenters. The Bertz CT molecular complexity index is 327. The lowest BCUT2D eigenvalue weighted by molar-refractivity contribution is -0.137. The number of amides is 1. The molecule has 0 aliphatic carbocycles. The molecule has 0 saturated carbocycles. The van der Waals surface area contributed by atoms with Gasteiger partial charge in [0.2, 0.25) is 5.91 Å². The first-order valence-corrected chi connectivity index (χ1v) is 8.46. The molecule has 114 valence electrons. The minimum atomic E-state index is 0.389. The smallest absolute Gasteiger partial charge is 0.223 e. The summed E-state index contributed by atoms with van der Waals surface area (Å²) in [5, 5.41) is 0. The predicted octanol–water partition coefficient (Wildman–Crippen LogP) is 1.56. The second-order valence-corrected chi connectivity index (χ2v) is 6.86. The highest BCUT2D eigenvalue weighted by Gasteiger charge is 2.36. The van der Waals surface area contributed by atoms with E-state index in [1.165, 1.54) is 51.6 Å². The first kappa shape index (κ1) is 14.3. The van der Waals surface area contributed by atoms with Crippen LogP contribution >= 0.6 is 0 Å². The van der Waals surface area contributed by atoms with Crippen molar-refractivity contribution < 1.29 is 4.79 Å². The van der Waals surface area contributed by atoms with E-state index in [1.54, 1.807) is 0 Å². The monoisotopic (exact) mass is 279 g/mol. The van der Waals surface area contributed by atoms with Gasteiger partial charge in [-0.05, 0) is 45.8 Å². The lowest BCUT2D eigenvalue weighted by Gasteiger charge is -2.48. The molecule has 2 unspecified atom stereocenters. The molecule has 3 fully saturated rings. The lowest BCUT2D eigenvalue weighted by Crippen LogP contribution is -2.60. The molecule has 0 spiro atoms. The molecule has 4 heteroatoms. The van der Waals surface area contributed by atoms with Crippen molar-refractivity contribution in [3.8, 4) is 0 Å². The number of nitrogens with zero attached hydrogens (tertiary/aromatic N) is 3. The minimum absolute atomic E-state index is 0.389. The van der Waals surface area contributed by atoms with Gasteiger partial charge in [-0.2, -0.15) is 0 Å². The zero-order chi connectivity index (χ0) is 13.9. The van der Waals surface area contributed by atoms with Gasteiger partial charge in [0.1, 0.15) is 0 Å². The number of hydrogen-bond donors (Lipinski definition) is 0. The second kappa shape index (κ2) is 6.44. The van der Waals surface area contributed by atoms with Crippen molar-refractivity contribution in [3.05, 3.63) is 0 Å². The fourth-order valence-electron chi connectivity index (χ4n) is 4.12. The van der Waals surface area contributed by atoms with Crippen molar-refractivity contribution in [2.75, 3.05) is 39.8 Å². The topological polar surface area (TPSA) is 26.8 Å². The number of piperidine rings is 2. The Labute approximate surface area is 123 Å². The Balaban J connectivity index is 1.47. The molecule has 3 rings (SSSR count). The summed E-state index contributed by atoms with van der Waals surface area (Å²) in [5.41, 5.74) is 0. The van der Waals surface area contributed by atoms with Crippen LogP contribution in [0.1, 0.15) is 44.9 Å². The maximum atomic E-state index is 12.5. The van der Waals surface area contributed by atoms with Crippen LogP contribution in [0.25, 0.3) is 0 Å². The van der Waals surface area contributed by atoms with E-state index in [4.69, 9.17) is 0 Å². The summed E-state index contributed by atoms with van der Waals surface area (Å²) >= 11 is 0. The first-order valence-electron chi connectivity index (χ1n) is 8.46. The van der Waals surface area contributed by atoms with E-state index in [0.29, 0.717) is 18.0 Å². The number of fused-ring (bicyclic) bond motifs is 2. The number of hydrogen-bond acceptors (Lipinski definition) is 3. The first-order chi connectivity index (χ1) is 9.74. The van der Waals surface area contributed by atoms with E-state index in [9.17, 15) is 4.79 Å². The lowest BCUT2D eigenvalue weighted by atomic mass is 9.92. The summed E-state index contributed by atoms with van der Waals surface area (Å²) in [7, 11) is 2.24. The molecule has 20 heavy (non-hydrogen) atoms. The fourth-order valence-corrected chi connectivity index (χ4v) is 4.12. The quantitative estimate of drug-likeness (QED) is 0.784. The number of carbonyl (C=O) groups excluding carboxylic acids is 1. The van der Waals surface area contributed by atoms with E-state index in [1.807, 2.05) is 0 Å². The predicted molar refractivity (Wildman–Crippen MR) is 80.7 cm³/mol. The highest BCUT2D eigenvalue weighted by molar-refractivity contribution is 5.76. The molecule has 2 bridgehead atoms. The van der Waals surface area contributed by atoms with Gasteiger partial charge in [0, 0.05) is 38.1 Å². The molecule has 3 heterocycles. The number of carbonyl (C=O) groups is 1. The van der Waals surface area contributed by atoms with Crippen LogP contribution in [0.2, 0.25) is 0 Å². The summed E-state index contributed by atoms with van der Waals surface area (Å²) in [6.07, 6.45) is 8.59. The molecule has 3 saturated heterocycles. The molecule has 1 amide bonds. The standard InChI is InChI=1S/C16H29N3O/c1-17-14-6-5-7-15(17)13-19(12-14)16(20)8-11-18-9-3-2-4-10-18/h14-15H,2-13H2,1H3. The maximum Gasteiger partial charge on any atom is 0.223 e. The fraction of sp³-hybridized carbons (Fsp3) is 0.938. The molecular formula is C16H29N3O. The average molecular weight is 279 g/mol. The van der Waals surface area contributed by atoms with Crippen molar-refractivity contribution in [2.24, 2.45) is 0 Å². The summed E-state index contributed by atoms with van der Waals surface area (Å²) in [5.74, 6) is 0.389. The Hall–Kier alpha value is -0.610. The average Bonchev–Trinajstić information content (AvgIpc) is 2.45. The van der Waals surface area contributed by atoms with Gasteiger partial charge >= 0.3 is 0 Å². The van der Waals surface area contributed by atoms with Crippen LogP contribution in [-0.4, -0.2) is 72.5 Å². The Morgan fingerprint density at radius 3 is 2.30 bits per heavy atom. The third kappa shape index (κ3) is 3.17. The van der Waals surface area contributed by atoms with Crippen molar-refractivity contribution in [3.63, 3.8) is 0 Å². The normalized spacial score (nSPS) is 32.4. The molecule has 0 N–H and O–H groups in total. The van der Waals surface area contributed by atoms with Crippen LogP contribution in [0, 0.1) is 0 Å². The zero-order valence-electron chi connectivity index (χ0n) is 12.9. The number of likely N-dealkylation sites (tertiary alicyclic amines) is 2. The van der Waals surface area contributed by atoms with Gasteiger partial charge in [-0.15, -0.1) is 0 Å². The molecule has 0 aromatic heterocycles. The third-order valence-corrected chi connectivity index (χ3v) is 5.53. The van der Waals surface area contributed by atoms with Gasteiger partial charge in [-0.1, -0.05) is 12.8 Å². The van der Waals surface area contributed by atoms with Gasteiger partial charge in [0.05, 0.1) is 0 Å². The van der Waals surface area contributed by atoms with Crippen molar-refractivity contribution in [1.29, 1.82) is 0 Å². The molecule has 0 aromatic rings. The van der Waals surface area contributed by atoms with Crippen molar-refractivity contribution >= 4 is 5.91 Å². The van der Waals surface area contributed by atoms with Crippen LogP contribution in [0.15, 0.2) is 0 Å². The highest BCUT2D eigenvalue weighted by Crippen LogP contribution is 2.27. The molecule has 3 aliphatic heterocycles. The zero-order valence-corrected chi connectivity index (χ0v) is 12.9. The number of likely N-dealkylation sites (N-methyl/N-ethyl adjacent to an activating group) is 1. The van der Waals surface area contributed by atoms with Crippen LogP contribution < -0.4 is 0 Å². The van der Waals surface area contributed by atoms with E-state index in [-0.39, 0.29) is 0 Å². The molecular weight excluding hydrogens is 250 g/mol. The van der Waals surface area contributed by atoms with E-state index < -0.39 is 0 Å². The molecule has 0 radical (unpaired) electrons. The van der Waals surface area contributed by atoms with E-state index in [0.717, 1.165) is 26.1 Å². The van der Waals surface area contributed by atoms with Gasteiger partial charge in [-0.25, -0.2) is 0 Å². The van der Waals surface area contributed by atoms with Crippen LogP contribution in [0.5, 0.6) is 0 Å². The highest BCUT2D eigenvalue weighted by atomic mass is 16.2. The van der Waals surface area contributed by atoms with Gasteiger partial charge in [-0.3, -0.25) is 9.69 Å². The Morgan fingerprint density at radius 1 is 1.00 bits per heavy atom. The van der Waals surface area contributed by atoms with E-state index in [2.05, 4.69) is 21.7 Å². The second-order valence-electron chi connectivity index (χ2n) is 6.86. The summed E-state index contributed by atoms with van der Waals surface area (Å²) in [6.45, 7) is 5.29. The van der Waals surface area contributed by atoms with Gasteiger partial charge < -0.3 is 9.80 Å². The summed E-state index contributed by atoms with van der Waals surface area (Å²) < 4.78 is 0. The number of rotatable bonds is 3. The van der Waals surface area contributed by atoms with Crippen LogP contribution in [0.3, 0.4) is 0 Å². The SMILES string of the molecule is CN1C2CCCC1CN(C(=O)CCN1CCCCC1)C2. The van der Waals surface area contributed by atoms with E-state index >= 15 is 0 Å². The van der Waals surface area contributed by atoms with Gasteiger partial charge in [0.15, 0.2) is 0 Å².